The number of rotatable bonds is 8. The Bertz CT molecular complexity index is 539. The summed E-state index contributed by atoms with van der Waals surface area (Å²) >= 11 is 1.77. The molecule has 0 amide bonds. The molecule has 0 saturated heterocycles. The van der Waals surface area contributed by atoms with Gasteiger partial charge in [-0.3, -0.25) is 0 Å². The minimum absolute atomic E-state index is 0.259. The van der Waals surface area contributed by atoms with Crippen molar-refractivity contribution in [1.82, 2.24) is 10.3 Å². The Kier molecular flexibility index (Phi) is 6.02. The molecule has 0 aliphatic rings. The number of ether oxygens (including phenoxy) is 2. The largest absolute Gasteiger partial charge is 0.497 e. The van der Waals surface area contributed by atoms with Gasteiger partial charge in [0.1, 0.15) is 23.1 Å². The number of nitrogens with zero attached hydrogens (tertiary/aromatic N) is 1. The first kappa shape index (κ1) is 15.8. The molecule has 1 atom stereocenters. The topological polar surface area (TPSA) is 43.4 Å². The van der Waals surface area contributed by atoms with Gasteiger partial charge < -0.3 is 14.8 Å². The number of aryl methyl sites for hydroxylation is 1. The van der Waals surface area contributed by atoms with Gasteiger partial charge in [-0.05, 0) is 37.6 Å². The molecule has 0 aliphatic heterocycles. The number of nitrogens with one attached hydrogen (secondary N) is 1. The Balaban J connectivity index is 1.71. The molecule has 1 heterocycles. The highest BCUT2D eigenvalue weighted by Crippen LogP contribution is 2.20. The Morgan fingerprint density at radius 3 is 2.57 bits per heavy atom. The van der Waals surface area contributed by atoms with Crippen LogP contribution in [0.5, 0.6) is 11.5 Å². The molecule has 0 saturated carbocycles. The Labute approximate surface area is 130 Å². The fourth-order valence-corrected chi connectivity index (χ4v) is 2.77. The van der Waals surface area contributed by atoms with Gasteiger partial charge in [0.2, 0.25) is 0 Å². The standard InChI is InChI=1S/C16H22N2O2S/c1-4-15-11-18-16(21-15)12(2)17-9-10-20-14-7-5-13(19-3)6-8-14/h5-8,11-12,17H,4,9-10H2,1-3H3. The molecule has 0 bridgehead atoms. The minimum atomic E-state index is 0.259. The lowest BCUT2D eigenvalue weighted by Crippen LogP contribution is -2.24. The lowest BCUT2D eigenvalue weighted by molar-refractivity contribution is 0.307. The maximum Gasteiger partial charge on any atom is 0.119 e. The van der Waals surface area contributed by atoms with Crippen LogP contribution in [0.4, 0.5) is 0 Å². The second-order valence-corrected chi connectivity index (χ2v) is 5.86. The fourth-order valence-electron chi connectivity index (χ4n) is 1.89. The smallest absolute Gasteiger partial charge is 0.119 e. The molecule has 2 rings (SSSR count). The summed E-state index contributed by atoms with van der Waals surface area (Å²) < 4.78 is 10.8. The van der Waals surface area contributed by atoms with Gasteiger partial charge >= 0.3 is 0 Å². The van der Waals surface area contributed by atoms with E-state index in [0.717, 1.165) is 29.5 Å². The van der Waals surface area contributed by atoms with Crippen LogP contribution in [-0.4, -0.2) is 25.2 Å². The van der Waals surface area contributed by atoms with Crippen LogP contribution < -0.4 is 14.8 Å². The van der Waals surface area contributed by atoms with Crippen LogP contribution in [-0.2, 0) is 6.42 Å². The summed E-state index contributed by atoms with van der Waals surface area (Å²) in [5.74, 6) is 1.69. The first-order chi connectivity index (χ1) is 10.2. The van der Waals surface area contributed by atoms with Crippen molar-refractivity contribution in [3.63, 3.8) is 0 Å². The molecule has 1 unspecified atom stereocenters. The molecule has 21 heavy (non-hydrogen) atoms. The Hall–Kier alpha value is -1.59. The van der Waals surface area contributed by atoms with E-state index in [2.05, 4.69) is 24.1 Å². The second-order valence-electron chi connectivity index (χ2n) is 4.72. The molecular formula is C16H22N2O2S. The molecule has 114 valence electrons. The number of hydrogen-bond donors (Lipinski definition) is 1. The van der Waals surface area contributed by atoms with Crippen LogP contribution >= 0.6 is 11.3 Å². The van der Waals surface area contributed by atoms with E-state index in [1.54, 1.807) is 18.4 Å². The predicted octanol–water partition coefficient (Wildman–Crippen LogP) is 3.44. The molecule has 2 aromatic rings. The maximum absolute atomic E-state index is 5.68. The summed E-state index contributed by atoms with van der Waals surface area (Å²) in [5, 5.41) is 4.56. The monoisotopic (exact) mass is 306 g/mol. The van der Waals surface area contributed by atoms with Crippen LogP contribution in [0.25, 0.3) is 0 Å². The first-order valence-electron chi connectivity index (χ1n) is 7.17. The predicted molar refractivity (Wildman–Crippen MR) is 86.4 cm³/mol. The molecule has 0 radical (unpaired) electrons. The van der Waals surface area contributed by atoms with Crippen molar-refractivity contribution in [3.05, 3.63) is 40.3 Å². The van der Waals surface area contributed by atoms with E-state index < -0.39 is 0 Å². The third kappa shape index (κ3) is 4.72. The third-order valence-electron chi connectivity index (χ3n) is 3.17. The lowest BCUT2D eigenvalue weighted by atomic mass is 10.3. The maximum atomic E-state index is 5.68. The summed E-state index contributed by atoms with van der Waals surface area (Å²) in [6.07, 6.45) is 3.01. The zero-order valence-corrected chi connectivity index (χ0v) is 13.6. The van der Waals surface area contributed by atoms with Crippen molar-refractivity contribution in [3.8, 4) is 11.5 Å². The zero-order chi connectivity index (χ0) is 15.1. The minimum Gasteiger partial charge on any atom is -0.497 e. The molecule has 0 spiro atoms. The Morgan fingerprint density at radius 1 is 1.24 bits per heavy atom. The molecule has 5 heteroatoms. The van der Waals surface area contributed by atoms with Crippen molar-refractivity contribution in [2.24, 2.45) is 0 Å². The average molecular weight is 306 g/mol. The Morgan fingerprint density at radius 2 is 1.95 bits per heavy atom. The molecule has 1 aromatic heterocycles. The summed E-state index contributed by atoms with van der Waals surface area (Å²) in [5.41, 5.74) is 0. The summed E-state index contributed by atoms with van der Waals surface area (Å²) in [6.45, 7) is 5.70. The fraction of sp³-hybridized carbons (Fsp3) is 0.438. The van der Waals surface area contributed by atoms with Gasteiger partial charge in [0.15, 0.2) is 0 Å². The zero-order valence-electron chi connectivity index (χ0n) is 12.8. The van der Waals surface area contributed by atoms with E-state index in [9.17, 15) is 0 Å². The van der Waals surface area contributed by atoms with Crippen molar-refractivity contribution in [2.75, 3.05) is 20.3 Å². The molecule has 0 fully saturated rings. The quantitative estimate of drug-likeness (QED) is 0.759. The van der Waals surface area contributed by atoms with Crippen LogP contribution in [0, 0.1) is 0 Å². The highest BCUT2D eigenvalue weighted by Gasteiger charge is 2.09. The summed E-state index contributed by atoms with van der Waals surface area (Å²) in [4.78, 5) is 5.77. The van der Waals surface area contributed by atoms with E-state index in [1.807, 2.05) is 30.5 Å². The highest BCUT2D eigenvalue weighted by molar-refractivity contribution is 7.11. The molecule has 4 nitrogen and oxygen atoms in total. The van der Waals surface area contributed by atoms with E-state index >= 15 is 0 Å². The number of thiazole rings is 1. The number of methoxy groups -OCH3 is 1. The number of aromatic nitrogens is 1. The molecule has 1 aromatic carbocycles. The van der Waals surface area contributed by atoms with Crippen molar-refractivity contribution in [2.45, 2.75) is 26.3 Å². The van der Waals surface area contributed by atoms with Crippen molar-refractivity contribution < 1.29 is 9.47 Å². The van der Waals surface area contributed by atoms with Crippen LogP contribution in [0.1, 0.15) is 29.8 Å². The normalized spacial score (nSPS) is 12.1. The van der Waals surface area contributed by atoms with Gasteiger partial charge in [-0.25, -0.2) is 4.98 Å². The van der Waals surface area contributed by atoms with Gasteiger partial charge in [-0.15, -0.1) is 11.3 Å². The first-order valence-corrected chi connectivity index (χ1v) is 7.99. The molecular weight excluding hydrogens is 284 g/mol. The average Bonchev–Trinajstić information content (AvgIpc) is 3.01. The van der Waals surface area contributed by atoms with E-state index in [4.69, 9.17) is 9.47 Å². The van der Waals surface area contributed by atoms with Crippen LogP contribution in [0.2, 0.25) is 0 Å². The van der Waals surface area contributed by atoms with Crippen molar-refractivity contribution in [1.29, 1.82) is 0 Å². The summed E-state index contributed by atoms with van der Waals surface area (Å²) in [7, 11) is 1.66. The van der Waals surface area contributed by atoms with E-state index in [0.29, 0.717) is 6.61 Å². The van der Waals surface area contributed by atoms with E-state index in [-0.39, 0.29) is 6.04 Å². The van der Waals surface area contributed by atoms with Crippen molar-refractivity contribution >= 4 is 11.3 Å². The summed E-state index contributed by atoms with van der Waals surface area (Å²) in [6, 6.07) is 7.88. The highest BCUT2D eigenvalue weighted by atomic mass is 32.1. The number of benzene rings is 1. The van der Waals surface area contributed by atoms with Gasteiger partial charge in [-0.2, -0.15) is 0 Å². The van der Waals surface area contributed by atoms with Gasteiger partial charge in [0.25, 0.3) is 0 Å². The molecule has 0 aliphatic carbocycles. The van der Waals surface area contributed by atoms with Gasteiger partial charge in [0.05, 0.1) is 13.2 Å². The van der Waals surface area contributed by atoms with Crippen LogP contribution in [0.15, 0.2) is 30.5 Å². The molecule has 1 N–H and O–H groups in total. The van der Waals surface area contributed by atoms with Crippen LogP contribution in [0.3, 0.4) is 0 Å². The number of hydrogen-bond acceptors (Lipinski definition) is 5. The lowest BCUT2D eigenvalue weighted by Gasteiger charge is -2.12. The van der Waals surface area contributed by atoms with E-state index in [1.165, 1.54) is 4.88 Å². The third-order valence-corrected chi connectivity index (χ3v) is 4.50. The second kappa shape index (κ2) is 8.00. The SMILES string of the molecule is CCc1cnc(C(C)NCCOc2ccc(OC)cc2)s1. The van der Waals surface area contributed by atoms with Gasteiger partial charge in [0, 0.05) is 17.6 Å². The van der Waals surface area contributed by atoms with Gasteiger partial charge in [-0.1, -0.05) is 6.92 Å².